The number of rotatable bonds is 0. The average Bonchev–Trinajstić information content (AvgIpc) is 2.26. The summed E-state index contributed by atoms with van der Waals surface area (Å²) in [5.74, 6) is 0.206. The molecule has 2 aliphatic rings. The minimum atomic E-state index is -0.216. The van der Waals surface area contributed by atoms with Crippen LogP contribution in [0.2, 0.25) is 0 Å². The molecule has 2 rings (SSSR count). The summed E-state index contributed by atoms with van der Waals surface area (Å²) < 4.78 is 0. The lowest BCUT2D eigenvalue weighted by Gasteiger charge is -2.41. The Bertz CT molecular complexity index is 487. The molecule has 0 saturated carbocycles. The van der Waals surface area contributed by atoms with Gasteiger partial charge < -0.3 is 0 Å². The molecule has 0 radical (unpaired) electrons. The van der Waals surface area contributed by atoms with Gasteiger partial charge >= 0.3 is 0 Å². The van der Waals surface area contributed by atoms with E-state index in [-0.39, 0.29) is 22.9 Å². The van der Waals surface area contributed by atoms with Crippen LogP contribution in [-0.2, 0) is 9.59 Å². The van der Waals surface area contributed by atoms with Gasteiger partial charge in [0.25, 0.3) is 0 Å². The topological polar surface area (TPSA) is 34.1 Å². The Morgan fingerprint density at radius 1 is 1.29 bits per heavy atom. The second-order valence-electron chi connectivity index (χ2n) is 5.49. The fourth-order valence-corrected chi connectivity index (χ4v) is 2.64. The molecule has 0 aromatic rings. The first-order valence-corrected chi connectivity index (χ1v) is 6.01. The molecule has 0 spiro atoms. The van der Waals surface area contributed by atoms with E-state index in [9.17, 15) is 9.59 Å². The first-order chi connectivity index (χ1) is 7.86. The zero-order valence-corrected chi connectivity index (χ0v) is 10.8. The van der Waals surface area contributed by atoms with Crippen molar-refractivity contribution in [2.45, 2.75) is 34.1 Å². The molecule has 0 saturated heterocycles. The highest BCUT2D eigenvalue weighted by molar-refractivity contribution is 6.07. The monoisotopic (exact) mass is 230 g/mol. The number of fused-ring (bicyclic) bond motifs is 1. The van der Waals surface area contributed by atoms with Crippen molar-refractivity contribution in [1.82, 2.24) is 0 Å². The first-order valence-electron chi connectivity index (χ1n) is 6.01. The van der Waals surface area contributed by atoms with Crippen LogP contribution in [0.25, 0.3) is 0 Å². The molecule has 0 N–H and O–H groups in total. The molecule has 2 aliphatic carbocycles. The highest BCUT2D eigenvalue weighted by Gasteiger charge is 2.43. The summed E-state index contributed by atoms with van der Waals surface area (Å²) in [7, 11) is 0. The summed E-state index contributed by atoms with van der Waals surface area (Å²) in [5, 5.41) is 0. The summed E-state index contributed by atoms with van der Waals surface area (Å²) >= 11 is 0. The normalized spacial score (nSPS) is 32.4. The van der Waals surface area contributed by atoms with Crippen molar-refractivity contribution in [3.63, 3.8) is 0 Å². The van der Waals surface area contributed by atoms with Gasteiger partial charge in [0.15, 0.2) is 11.6 Å². The number of allylic oxidation sites excluding steroid dienone is 6. The van der Waals surface area contributed by atoms with Crippen LogP contribution < -0.4 is 0 Å². The van der Waals surface area contributed by atoms with Crippen molar-refractivity contribution in [1.29, 1.82) is 0 Å². The predicted molar refractivity (Wildman–Crippen MR) is 67.5 cm³/mol. The van der Waals surface area contributed by atoms with E-state index >= 15 is 0 Å². The highest BCUT2D eigenvalue weighted by Crippen LogP contribution is 2.48. The molecule has 2 atom stereocenters. The third kappa shape index (κ3) is 1.72. The summed E-state index contributed by atoms with van der Waals surface area (Å²) in [6, 6.07) is 0. The van der Waals surface area contributed by atoms with E-state index in [2.05, 4.69) is 6.92 Å². The van der Waals surface area contributed by atoms with Crippen molar-refractivity contribution in [3.05, 3.63) is 34.9 Å². The van der Waals surface area contributed by atoms with E-state index in [0.717, 1.165) is 16.7 Å². The molecular weight excluding hydrogens is 212 g/mol. The summed E-state index contributed by atoms with van der Waals surface area (Å²) in [5.41, 5.74) is 2.71. The van der Waals surface area contributed by atoms with Crippen LogP contribution in [0, 0.1) is 11.3 Å². The van der Waals surface area contributed by atoms with E-state index < -0.39 is 0 Å². The van der Waals surface area contributed by atoms with Gasteiger partial charge in [-0.1, -0.05) is 25.5 Å². The minimum Gasteiger partial charge on any atom is -0.295 e. The molecule has 17 heavy (non-hydrogen) atoms. The van der Waals surface area contributed by atoms with Gasteiger partial charge in [0, 0.05) is 11.3 Å². The van der Waals surface area contributed by atoms with Crippen LogP contribution in [0.4, 0.5) is 0 Å². The van der Waals surface area contributed by atoms with E-state index in [1.165, 1.54) is 0 Å². The molecule has 0 heterocycles. The van der Waals surface area contributed by atoms with Gasteiger partial charge in [-0.25, -0.2) is 0 Å². The van der Waals surface area contributed by atoms with Gasteiger partial charge in [0.1, 0.15) is 0 Å². The first kappa shape index (κ1) is 12.0. The quantitative estimate of drug-likeness (QED) is 0.599. The van der Waals surface area contributed by atoms with Crippen LogP contribution in [0.15, 0.2) is 34.9 Å². The number of carbonyl (C=O) groups is 2. The second-order valence-corrected chi connectivity index (χ2v) is 5.49. The maximum absolute atomic E-state index is 12.0. The Morgan fingerprint density at radius 3 is 2.53 bits per heavy atom. The molecule has 0 fully saturated rings. The number of ketones is 2. The van der Waals surface area contributed by atoms with Crippen LogP contribution in [0.5, 0.6) is 0 Å². The zero-order chi connectivity index (χ0) is 12.8. The fraction of sp³-hybridized carbons (Fsp3) is 0.467. The second kappa shape index (κ2) is 3.80. The van der Waals surface area contributed by atoms with Gasteiger partial charge in [-0.05, 0) is 43.6 Å². The van der Waals surface area contributed by atoms with Crippen molar-refractivity contribution in [3.8, 4) is 0 Å². The fourth-order valence-electron chi connectivity index (χ4n) is 2.64. The van der Waals surface area contributed by atoms with Crippen molar-refractivity contribution < 1.29 is 9.59 Å². The molecule has 0 aromatic carbocycles. The number of hydrogen-bond donors (Lipinski definition) is 0. The van der Waals surface area contributed by atoms with E-state index in [4.69, 9.17) is 0 Å². The number of hydrogen-bond acceptors (Lipinski definition) is 2. The van der Waals surface area contributed by atoms with Crippen LogP contribution >= 0.6 is 0 Å². The van der Waals surface area contributed by atoms with Crippen molar-refractivity contribution >= 4 is 11.6 Å². The van der Waals surface area contributed by atoms with Crippen LogP contribution in [-0.4, -0.2) is 11.6 Å². The lowest BCUT2D eigenvalue weighted by molar-refractivity contribution is -0.121. The van der Waals surface area contributed by atoms with E-state index in [1.807, 2.05) is 26.8 Å². The molecule has 0 aliphatic heterocycles. The van der Waals surface area contributed by atoms with Crippen molar-refractivity contribution in [2.24, 2.45) is 11.3 Å². The summed E-state index contributed by atoms with van der Waals surface area (Å²) in [6.07, 6.45) is 5.78. The van der Waals surface area contributed by atoms with Gasteiger partial charge in [-0.2, -0.15) is 0 Å². The molecule has 0 aromatic heterocycles. The largest absolute Gasteiger partial charge is 0.295 e. The molecule has 2 heteroatoms. The average molecular weight is 230 g/mol. The number of carbonyl (C=O) groups excluding carboxylic acids is 2. The van der Waals surface area contributed by atoms with Gasteiger partial charge in [-0.3, -0.25) is 9.59 Å². The minimum absolute atomic E-state index is 0.0544. The summed E-state index contributed by atoms with van der Waals surface area (Å²) in [6.45, 7) is 7.96. The Kier molecular flexibility index (Phi) is 2.69. The van der Waals surface area contributed by atoms with Crippen LogP contribution in [0.3, 0.4) is 0 Å². The standard InChI is InChI=1S/C15H18O2/c1-9(2)12-8-15(4)10(3)13(16)6-5-11(15)7-14(12)17/h5-7,10H,8H2,1-4H3. The summed E-state index contributed by atoms with van der Waals surface area (Å²) in [4.78, 5) is 23.8. The molecule has 0 amide bonds. The molecule has 0 bridgehead atoms. The van der Waals surface area contributed by atoms with Crippen LogP contribution in [0.1, 0.15) is 34.1 Å². The smallest absolute Gasteiger partial charge is 0.182 e. The molecule has 90 valence electrons. The third-order valence-electron chi connectivity index (χ3n) is 4.20. The van der Waals surface area contributed by atoms with Crippen molar-refractivity contribution in [2.75, 3.05) is 0 Å². The highest BCUT2D eigenvalue weighted by atomic mass is 16.1. The van der Waals surface area contributed by atoms with Gasteiger partial charge in [-0.15, -0.1) is 0 Å². The Balaban J connectivity index is 2.58. The Labute approximate surface area is 102 Å². The van der Waals surface area contributed by atoms with E-state index in [0.29, 0.717) is 6.42 Å². The molecule has 2 unspecified atom stereocenters. The molecular formula is C15H18O2. The third-order valence-corrected chi connectivity index (χ3v) is 4.20. The Hall–Kier alpha value is -1.44. The zero-order valence-electron chi connectivity index (χ0n) is 10.8. The Morgan fingerprint density at radius 2 is 1.94 bits per heavy atom. The van der Waals surface area contributed by atoms with Gasteiger partial charge in [0.2, 0.25) is 0 Å². The SMILES string of the molecule is CC(C)=C1CC2(C)C(=CC1=O)C=CC(=O)C2C. The lowest BCUT2D eigenvalue weighted by atomic mass is 9.61. The van der Waals surface area contributed by atoms with E-state index in [1.54, 1.807) is 12.2 Å². The predicted octanol–water partition coefficient (Wildman–Crippen LogP) is 3.00. The molecule has 2 nitrogen and oxygen atoms in total. The lowest BCUT2D eigenvalue weighted by Crippen LogP contribution is -2.38. The maximum atomic E-state index is 12.0. The maximum Gasteiger partial charge on any atom is 0.182 e. The van der Waals surface area contributed by atoms with Gasteiger partial charge in [0.05, 0.1) is 0 Å².